The first-order valence-electron chi connectivity index (χ1n) is 6.07. The normalized spacial score (nSPS) is 35.7. The minimum Gasteiger partial charge on any atom is -0.391 e. The minimum atomic E-state index is -0.387. The number of morpholine rings is 1. The van der Waals surface area contributed by atoms with Crippen LogP contribution in [0.3, 0.4) is 0 Å². The van der Waals surface area contributed by atoms with Gasteiger partial charge in [-0.2, -0.15) is 0 Å². The van der Waals surface area contributed by atoms with Gasteiger partial charge in [0.05, 0.1) is 25.4 Å². The molecule has 0 spiro atoms. The molecule has 16 heavy (non-hydrogen) atoms. The van der Waals surface area contributed by atoms with Gasteiger partial charge in [-0.15, -0.1) is 0 Å². The molecule has 5 nitrogen and oxygen atoms in total. The maximum absolute atomic E-state index is 11.8. The van der Waals surface area contributed by atoms with Crippen LogP contribution in [0, 0.1) is 0 Å². The van der Waals surface area contributed by atoms with Crippen LogP contribution in [-0.2, 0) is 9.53 Å². The van der Waals surface area contributed by atoms with Crippen LogP contribution < -0.4 is 10.6 Å². The van der Waals surface area contributed by atoms with E-state index in [9.17, 15) is 9.90 Å². The van der Waals surface area contributed by atoms with Gasteiger partial charge in [0.2, 0.25) is 5.91 Å². The highest BCUT2D eigenvalue weighted by Crippen LogP contribution is 2.18. The molecule has 0 bridgehead atoms. The fourth-order valence-corrected chi connectivity index (χ4v) is 2.30. The Morgan fingerprint density at radius 2 is 2.19 bits per heavy atom. The van der Waals surface area contributed by atoms with Crippen molar-refractivity contribution in [2.45, 2.75) is 43.9 Å². The van der Waals surface area contributed by atoms with Crippen molar-refractivity contribution in [1.29, 1.82) is 0 Å². The number of rotatable bonds is 2. The molecule has 1 aliphatic carbocycles. The summed E-state index contributed by atoms with van der Waals surface area (Å²) in [6, 6.07) is -0.340. The Kier molecular flexibility index (Phi) is 4.15. The highest BCUT2D eigenvalue weighted by Gasteiger charge is 2.28. The van der Waals surface area contributed by atoms with E-state index in [2.05, 4.69) is 10.6 Å². The van der Waals surface area contributed by atoms with E-state index >= 15 is 0 Å². The lowest BCUT2D eigenvalue weighted by molar-refractivity contribution is -0.127. The van der Waals surface area contributed by atoms with Gasteiger partial charge >= 0.3 is 0 Å². The van der Waals surface area contributed by atoms with E-state index in [1.165, 1.54) is 0 Å². The smallest absolute Gasteiger partial charge is 0.239 e. The number of ether oxygens (including phenoxy) is 1. The molecule has 2 aliphatic rings. The van der Waals surface area contributed by atoms with Crippen molar-refractivity contribution in [2.24, 2.45) is 0 Å². The predicted molar refractivity (Wildman–Crippen MR) is 59.0 cm³/mol. The van der Waals surface area contributed by atoms with E-state index in [1.807, 2.05) is 0 Å². The molecule has 92 valence electrons. The topological polar surface area (TPSA) is 70.6 Å². The largest absolute Gasteiger partial charge is 0.391 e. The molecule has 1 amide bonds. The van der Waals surface area contributed by atoms with Gasteiger partial charge in [0, 0.05) is 6.54 Å². The molecular weight excluding hydrogens is 208 g/mol. The molecule has 1 saturated carbocycles. The van der Waals surface area contributed by atoms with Crippen molar-refractivity contribution in [3.63, 3.8) is 0 Å². The van der Waals surface area contributed by atoms with E-state index in [-0.39, 0.29) is 24.1 Å². The van der Waals surface area contributed by atoms with Crippen molar-refractivity contribution < 1.29 is 14.6 Å². The van der Waals surface area contributed by atoms with Crippen molar-refractivity contribution in [2.75, 3.05) is 19.8 Å². The molecule has 0 aromatic rings. The third-order valence-corrected chi connectivity index (χ3v) is 3.30. The number of nitrogens with one attached hydrogen (secondary N) is 2. The lowest BCUT2D eigenvalue weighted by atomic mass is 9.92. The van der Waals surface area contributed by atoms with Gasteiger partial charge in [0.25, 0.3) is 0 Å². The maximum Gasteiger partial charge on any atom is 0.239 e. The maximum atomic E-state index is 11.8. The quantitative estimate of drug-likeness (QED) is 0.590. The highest BCUT2D eigenvalue weighted by atomic mass is 16.5. The van der Waals surface area contributed by atoms with Gasteiger partial charge in [-0.25, -0.2) is 0 Å². The Labute approximate surface area is 95.5 Å². The molecule has 3 N–H and O–H groups in total. The Hall–Kier alpha value is -0.650. The fourth-order valence-electron chi connectivity index (χ4n) is 2.30. The van der Waals surface area contributed by atoms with Gasteiger partial charge in [-0.1, -0.05) is 12.8 Å². The first-order chi connectivity index (χ1) is 7.77. The molecule has 0 radical (unpaired) electrons. The summed E-state index contributed by atoms with van der Waals surface area (Å²) < 4.78 is 5.23. The number of aliphatic hydroxyl groups is 1. The third-order valence-electron chi connectivity index (χ3n) is 3.30. The van der Waals surface area contributed by atoms with Crippen LogP contribution in [0.1, 0.15) is 25.7 Å². The molecule has 2 rings (SSSR count). The molecule has 1 aliphatic heterocycles. The number of aliphatic hydroxyl groups excluding tert-OH is 1. The number of carbonyl (C=O) groups is 1. The zero-order chi connectivity index (χ0) is 11.4. The molecule has 2 fully saturated rings. The fraction of sp³-hybridized carbons (Fsp3) is 0.909. The number of hydrogen-bond acceptors (Lipinski definition) is 4. The molecule has 5 heteroatoms. The molecule has 1 heterocycles. The highest BCUT2D eigenvalue weighted by molar-refractivity contribution is 5.82. The van der Waals surface area contributed by atoms with Gasteiger partial charge in [-0.3, -0.25) is 4.79 Å². The van der Waals surface area contributed by atoms with Crippen molar-refractivity contribution in [1.82, 2.24) is 10.6 Å². The SMILES string of the molecule is O=C(N[C@@H]1CCCC[C@H]1O)C1COCCN1. The predicted octanol–water partition coefficient (Wildman–Crippen LogP) is -0.605. The van der Waals surface area contributed by atoms with E-state index in [0.717, 1.165) is 25.7 Å². The van der Waals surface area contributed by atoms with Gasteiger partial charge < -0.3 is 20.5 Å². The van der Waals surface area contributed by atoms with Crippen LogP contribution in [-0.4, -0.2) is 49.0 Å². The third kappa shape index (κ3) is 2.93. The van der Waals surface area contributed by atoms with Crippen molar-refractivity contribution in [3.8, 4) is 0 Å². The lowest BCUT2D eigenvalue weighted by Gasteiger charge is -2.31. The van der Waals surface area contributed by atoms with E-state index in [0.29, 0.717) is 19.8 Å². The minimum absolute atomic E-state index is 0.0503. The Morgan fingerprint density at radius 1 is 1.38 bits per heavy atom. The van der Waals surface area contributed by atoms with Crippen LogP contribution >= 0.6 is 0 Å². The Morgan fingerprint density at radius 3 is 2.88 bits per heavy atom. The summed E-state index contributed by atoms with van der Waals surface area (Å²) >= 11 is 0. The van der Waals surface area contributed by atoms with E-state index in [4.69, 9.17) is 4.74 Å². The van der Waals surface area contributed by atoms with E-state index in [1.54, 1.807) is 0 Å². The summed E-state index contributed by atoms with van der Waals surface area (Å²) in [4.78, 5) is 11.8. The second-order valence-corrected chi connectivity index (χ2v) is 4.55. The average molecular weight is 228 g/mol. The molecule has 1 saturated heterocycles. The van der Waals surface area contributed by atoms with Gasteiger partial charge in [-0.05, 0) is 12.8 Å². The van der Waals surface area contributed by atoms with Crippen LogP contribution in [0.2, 0.25) is 0 Å². The van der Waals surface area contributed by atoms with Crippen LogP contribution in [0.15, 0.2) is 0 Å². The van der Waals surface area contributed by atoms with Gasteiger partial charge in [0.15, 0.2) is 0 Å². The molecule has 1 unspecified atom stereocenters. The summed E-state index contributed by atoms with van der Waals surface area (Å²) in [5, 5.41) is 15.8. The van der Waals surface area contributed by atoms with Crippen LogP contribution in [0.5, 0.6) is 0 Å². The molecular formula is C11H20N2O3. The summed E-state index contributed by atoms with van der Waals surface area (Å²) in [6.07, 6.45) is 3.41. The van der Waals surface area contributed by atoms with Crippen molar-refractivity contribution >= 4 is 5.91 Å². The molecule has 0 aromatic heterocycles. The summed E-state index contributed by atoms with van der Waals surface area (Å²) in [5.74, 6) is -0.0503. The number of hydrogen-bond donors (Lipinski definition) is 3. The molecule has 0 aromatic carbocycles. The summed E-state index contributed by atoms with van der Waals surface area (Å²) in [7, 11) is 0. The monoisotopic (exact) mass is 228 g/mol. The Bertz CT molecular complexity index is 241. The first kappa shape index (κ1) is 11.8. The number of carbonyl (C=O) groups excluding carboxylic acids is 1. The van der Waals surface area contributed by atoms with Crippen LogP contribution in [0.4, 0.5) is 0 Å². The zero-order valence-electron chi connectivity index (χ0n) is 9.45. The van der Waals surface area contributed by atoms with Gasteiger partial charge in [0.1, 0.15) is 6.04 Å². The average Bonchev–Trinajstić information content (AvgIpc) is 2.33. The Balaban J connectivity index is 1.80. The second kappa shape index (κ2) is 5.61. The van der Waals surface area contributed by atoms with E-state index < -0.39 is 0 Å². The summed E-state index contributed by atoms with van der Waals surface area (Å²) in [5.41, 5.74) is 0. The second-order valence-electron chi connectivity index (χ2n) is 4.55. The summed E-state index contributed by atoms with van der Waals surface area (Å²) in [6.45, 7) is 1.80. The molecule has 3 atom stereocenters. The first-order valence-corrected chi connectivity index (χ1v) is 6.07. The van der Waals surface area contributed by atoms with Crippen LogP contribution in [0.25, 0.3) is 0 Å². The lowest BCUT2D eigenvalue weighted by Crippen LogP contribution is -2.55. The van der Waals surface area contributed by atoms with Crippen molar-refractivity contribution in [3.05, 3.63) is 0 Å². The standard InChI is InChI=1S/C11H20N2O3/c14-10-4-2-1-3-8(10)13-11(15)9-7-16-6-5-12-9/h8-10,12,14H,1-7H2,(H,13,15)/t8-,9?,10-/m1/s1. The zero-order valence-corrected chi connectivity index (χ0v) is 9.45. The number of amides is 1.